The van der Waals surface area contributed by atoms with E-state index in [0.29, 0.717) is 6.04 Å². The fourth-order valence-corrected chi connectivity index (χ4v) is 2.40. The molecule has 0 heterocycles. The number of unbranched alkanes of at least 4 members (excludes halogenated alkanes) is 4. The molecule has 0 aromatic heterocycles. The molecule has 0 fully saturated rings. The molecule has 0 amide bonds. The first-order chi connectivity index (χ1) is 8.86. The molecule has 1 aromatic rings. The van der Waals surface area contributed by atoms with Crippen LogP contribution in [0.25, 0.3) is 0 Å². The third-order valence-electron chi connectivity index (χ3n) is 3.44. The van der Waals surface area contributed by atoms with Crippen LogP contribution in [0.4, 0.5) is 5.69 Å². The number of rotatable bonds is 10. The lowest BCUT2D eigenvalue weighted by molar-refractivity contribution is 0.534. The topological polar surface area (TPSA) is 12.0 Å². The number of anilines is 1. The molecule has 1 nitrogen and oxygen atoms in total. The average molecular weight is 247 g/mol. The first-order valence-electron chi connectivity index (χ1n) is 7.68. The molecular formula is C17H29N. The van der Waals surface area contributed by atoms with Crippen LogP contribution in [0.3, 0.4) is 0 Å². The predicted molar refractivity (Wildman–Crippen MR) is 82.1 cm³/mol. The van der Waals surface area contributed by atoms with E-state index < -0.39 is 0 Å². The second-order valence-corrected chi connectivity index (χ2v) is 5.20. The van der Waals surface area contributed by atoms with Crippen LogP contribution in [0.5, 0.6) is 0 Å². The zero-order valence-corrected chi connectivity index (χ0v) is 12.1. The third-order valence-corrected chi connectivity index (χ3v) is 3.44. The second-order valence-electron chi connectivity index (χ2n) is 5.20. The fourth-order valence-electron chi connectivity index (χ4n) is 2.40. The zero-order valence-electron chi connectivity index (χ0n) is 12.1. The van der Waals surface area contributed by atoms with Crippen LogP contribution >= 0.6 is 0 Å². The van der Waals surface area contributed by atoms with Gasteiger partial charge in [0.1, 0.15) is 0 Å². The minimum atomic E-state index is 0.652. The molecule has 102 valence electrons. The summed E-state index contributed by atoms with van der Waals surface area (Å²) >= 11 is 0. The SMILES string of the molecule is CCCCCCCC(CCC)Nc1ccccc1. The van der Waals surface area contributed by atoms with E-state index in [1.807, 2.05) is 0 Å². The molecule has 0 aliphatic rings. The average Bonchev–Trinajstić information content (AvgIpc) is 2.40. The maximum absolute atomic E-state index is 3.67. The largest absolute Gasteiger partial charge is 0.382 e. The van der Waals surface area contributed by atoms with Gasteiger partial charge >= 0.3 is 0 Å². The standard InChI is InChI=1S/C17H29N/c1-3-5-6-7-9-13-16(12-4-2)18-17-14-10-8-11-15-17/h8,10-11,14-16,18H,3-7,9,12-13H2,1-2H3. The summed E-state index contributed by atoms with van der Waals surface area (Å²) in [6.45, 7) is 4.55. The molecule has 0 bridgehead atoms. The molecule has 0 saturated carbocycles. The van der Waals surface area contributed by atoms with Crippen LogP contribution in [0.15, 0.2) is 30.3 Å². The molecule has 0 aliphatic carbocycles. The van der Waals surface area contributed by atoms with Gasteiger partial charge in [0.25, 0.3) is 0 Å². The van der Waals surface area contributed by atoms with Crippen LogP contribution < -0.4 is 5.32 Å². The van der Waals surface area contributed by atoms with Gasteiger partial charge in [-0.15, -0.1) is 0 Å². The van der Waals surface area contributed by atoms with Gasteiger partial charge in [0.15, 0.2) is 0 Å². The molecule has 1 heteroatoms. The lowest BCUT2D eigenvalue weighted by Crippen LogP contribution is -2.19. The first kappa shape index (κ1) is 15.1. The summed E-state index contributed by atoms with van der Waals surface area (Å²) in [4.78, 5) is 0. The van der Waals surface area contributed by atoms with Gasteiger partial charge in [-0.05, 0) is 25.0 Å². The van der Waals surface area contributed by atoms with Gasteiger partial charge in [0.05, 0.1) is 0 Å². The van der Waals surface area contributed by atoms with Crippen molar-refractivity contribution in [1.29, 1.82) is 0 Å². The number of nitrogens with one attached hydrogen (secondary N) is 1. The molecular weight excluding hydrogens is 218 g/mol. The monoisotopic (exact) mass is 247 g/mol. The van der Waals surface area contributed by atoms with Gasteiger partial charge in [-0.1, -0.05) is 70.6 Å². The lowest BCUT2D eigenvalue weighted by Gasteiger charge is -2.19. The number of hydrogen-bond donors (Lipinski definition) is 1. The third kappa shape index (κ3) is 6.68. The highest BCUT2D eigenvalue weighted by molar-refractivity contribution is 5.43. The van der Waals surface area contributed by atoms with E-state index in [1.165, 1.54) is 57.1 Å². The van der Waals surface area contributed by atoms with Crippen molar-refractivity contribution in [3.63, 3.8) is 0 Å². The van der Waals surface area contributed by atoms with Crippen molar-refractivity contribution in [3.8, 4) is 0 Å². The molecule has 1 N–H and O–H groups in total. The Labute approximate surface area is 113 Å². The Hall–Kier alpha value is -0.980. The van der Waals surface area contributed by atoms with Crippen LogP contribution in [0.2, 0.25) is 0 Å². The van der Waals surface area contributed by atoms with E-state index in [9.17, 15) is 0 Å². The van der Waals surface area contributed by atoms with E-state index in [2.05, 4.69) is 49.5 Å². The highest BCUT2D eigenvalue weighted by Crippen LogP contribution is 2.16. The highest BCUT2D eigenvalue weighted by Gasteiger charge is 2.06. The van der Waals surface area contributed by atoms with Crippen LogP contribution in [0, 0.1) is 0 Å². The van der Waals surface area contributed by atoms with Gasteiger partial charge in [-0.2, -0.15) is 0 Å². The Morgan fingerprint density at radius 1 is 0.833 bits per heavy atom. The number of benzene rings is 1. The van der Waals surface area contributed by atoms with Crippen molar-refractivity contribution in [2.45, 2.75) is 71.3 Å². The molecule has 0 radical (unpaired) electrons. The van der Waals surface area contributed by atoms with Gasteiger partial charge < -0.3 is 5.32 Å². The van der Waals surface area contributed by atoms with Crippen LogP contribution in [-0.2, 0) is 0 Å². The normalized spacial score (nSPS) is 12.3. The summed E-state index contributed by atoms with van der Waals surface area (Å²) in [5.41, 5.74) is 1.27. The maximum Gasteiger partial charge on any atom is 0.0342 e. The predicted octanol–water partition coefficient (Wildman–Crippen LogP) is 5.63. The van der Waals surface area contributed by atoms with E-state index in [0.717, 1.165) is 0 Å². The molecule has 0 aliphatic heterocycles. The van der Waals surface area contributed by atoms with Gasteiger partial charge in [-0.25, -0.2) is 0 Å². The quantitative estimate of drug-likeness (QED) is 0.528. The smallest absolute Gasteiger partial charge is 0.0342 e. The molecule has 1 atom stereocenters. The van der Waals surface area contributed by atoms with E-state index in [4.69, 9.17) is 0 Å². The molecule has 0 saturated heterocycles. The Morgan fingerprint density at radius 3 is 2.22 bits per heavy atom. The van der Waals surface area contributed by atoms with Crippen molar-refractivity contribution >= 4 is 5.69 Å². The second kappa shape index (κ2) is 9.99. The van der Waals surface area contributed by atoms with Gasteiger partial charge in [0.2, 0.25) is 0 Å². The lowest BCUT2D eigenvalue weighted by atomic mass is 10.0. The van der Waals surface area contributed by atoms with Crippen LogP contribution in [0.1, 0.15) is 65.2 Å². The highest BCUT2D eigenvalue weighted by atomic mass is 14.9. The van der Waals surface area contributed by atoms with Gasteiger partial charge in [-0.3, -0.25) is 0 Å². The zero-order chi connectivity index (χ0) is 13.1. The Bertz CT molecular complexity index is 281. The minimum Gasteiger partial charge on any atom is -0.382 e. The summed E-state index contributed by atoms with van der Waals surface area (Å²) in [7, 11) is 0. The summed E-state index contributed by atoms with van der Waals surface area (Å²) in [6.07, 6.45) is 10.7. The molecule has 1 unspecified atom stereocenters. The van der Waals surface area contributed by atoms with Crippen molar-refractivity contribution in [2.75, 3.05) is 5.32 Å². The Balaban J connectivity index is 2.26. The number of hydrogen-bond acceptors (Lipinski definition) is 1. The van der Waals surface area contributed by atoms with Crippen LogP contribution in [-0.4, -0.2) is 6.04 Å². The Kier molecular flexibility index (Phi) is 8.37. The Morgan fingerprint density at radius 2 is 1.56 bits per heavy atom. The maximum atomic E-state index is 3.67. The molecule has 18 heavy (non-hydrogen) atoms. The van der Waals surface area contributed by atoms with E-state index in [-0.39, 0.29) is 0 Å². The summed E-state index contributed by atoms with van der Waals surface area (Å²) in [6, 6.07) is 11.3. The summed E-state index contributed by atoms with van der Waals surface area (Å²) in [5, 5.41) is 3.67. The van der Waals surface area contributed by atoms with E-state index >= 15 is 0 Å². The molecule has 1 rings (SSSR count). The van der Waals surface area contributed by atoms with Crippen molar-refractivity contribution < 1.29 is 0 Å². The molecule has 1 aromatic carbocycles. The first-order valence-corrected chi connectivity index (χ1v) is 7.68. The number of para-hydroxylation sites is 1. The van der Waals surface area contributed by atoms with Crippen molar-refractivity contribution in [1.82, 2.24) is 0 Å². The fraction of sp³-hybridized carbons (Fsp3) is 0.647. The summed E-state index contributed by atoms with van der Waals surface area (Å²) < 4.78 is 0. The van der Waals surface area contributed by atoms with E-state index in [1.54, 1.807) is 0 Å². The van der Waals surface area contributed by atoms with Gasteiger partial charge in [0, 0.05) is 11.7 Å². The van der Waals surface area contributed by atoms with Crippen molar-refractivity contribution in [3.05, 3.63) is 30.3 Å². The van der Waals surface area contributed by atoms with Crippen molar-refractivity contribution in [2.24, 2.45) is 0 Å². The summed E-state index contributed by atoms with van der Waals surface area (Å²) in [5.74, 6) is 0. The minimum absolute atomic E-state index is 0.652. The molecule has 0 spiro atoms.